The van der Waals surface area contributed by atoms with Crippen molar-refractivity contribution in [3.8, 4) is 0 Å². The molecule has 0 unspecified atom stereocenters. The molecule has 0 saturated carbocycles. The van der Waals surface area contributed by atoms with Crippen LogP contribution in [0.15, 0.2) is 36.4 Å². The molecular weight excluding hydrogens is 430 g/mol. The van der Waals surface area contributed by atoms with Crippen LogP contribution in [0.1, 0.15) is 37.1 Å². The van der Waals surface area contributed by atoms with Gasteiger partial charge < -0.3 is 9.80 Å². The molecule has 2 saturated heterocycles. The second-order valence-electron chi connectivity index (χ2n) is 8.57. The molecule has 2 aliphatic heterocycles. The van der Waals surface area contributed by atoms with E-state index in [0.29, 0.717) is 22.5 Å². The van der Waals surface area contributed by atoms with Crippen LogP contribution in [0.3, 0.4) is 0 Å². The van der Waals surface area contributed by atoms with E-state index >= 15 is 0 Å². The summed E-state index contributed by atoms with van der Waals surface area (Å²) in [6, 6.07) is 9.90. The Morgan fingerprint density at radius 3 is 2.59 bits per heavy atom. The predicted molar refractivity (Wildman–Crippen MR) is 126 cm³/mol. The number of likely N-dealkylation sites (tertiary alicyclic amines) is 1. The fourth-order valence-electron chi connectivity index (χ4n) is 4.75. The van der Waals surface area contributed by atoms with Crippen molar-refractivity contribution in [2.45, 2.75) is 31.7 Å². The lowest BCUT2D eigenvalue weighted by atomic mass is 10.1. The Kier molecular flexibility index (Phi) is 6.07. The lowest BCUT2D eigenvalue weighted by Gasteiger charge is -2.30. The summed E-state index contributed by atoms with van der Waals surface area (Å²) in [5.74, 6) is -0.305. The normalized spacial score (nSPS) is 19.6. The maximum absolute atomic E-state index is 13.6. The molecule has 166 valence electrons. The van der Waals surface area contributed by atoms with E-state index in [-0.39, 0.29) is 0 Å². The first-order chi connectivity index (χ1) is 15.6. The third-order valence-corrected chi connectivity index (χ3v) is 6.58. The standard InChI is InChI=1S/C25H25ClF2N4/c26-18-7-9-23-20(15-18)25(32-13-3-4-19(32)16-31-11-1-2-12-31)30-24(29-23)10-6-17-5-8-21(27)22(28)14-17/h5-10,14-15,19H,1-4,11-13,16H2/b10-6+/t19-/m1/s1. The Balaban J connectivity index is 1.51. The average Bonchev–Trinajstić information content (AvgIpc) is 3.47. The minimum atomic E-state index is -0.872. The van der Waals surface area contributed by atoms with Crippen LogP contribution in [-0.2, 0) is 0 Å². The highest BCUT2D eigenvalue weighted by atomic mass is 35.5. The number of rotatable bonds is 5. The molecule has 7 heteroatoms. The van der Waals surface area contributed by atoms with E-state index in [1.807, 2.05) is 18.2 Å². The summed E-state index contributed by atoms with van der Waals surface area (Å²) < 4.78 is 26.8. The van der Waals surface area contributed by atoms with E-state index < -0.39 is 11.6 Å². The predicted octanol–water partition coefficient (Wildman–Crippen LogP) is 5.80. The molecule has 0 bridgehead atoms. The van der Waals surface area contributed by atoms with E-state index in [0.717, 1.165) is 48.7 Å². The topological polar surface area (TPSA) is 32.3 Å². The van der Waals surface area contributed by atoms with Crippen molar-refractivity contribution in [3.05, 3.63) is 64.4 Å². The zero-order valence-corrected chi connectivity index (χ0v) is 18.5. The summed E-state index contributed by atoms with van der Waals surface area (Å²) in [7, 11) is 0. The first-order valence-corrected chi connectivity index (χ1v) is 11.5. The van der Waals surface area contributed by atoms with Crippen molar-refractivity contribution in [3.63, 3.8) is 0 Å². The molecule has 3 heterocycles. The van der Waals surface area contributed by atoms with Gasteiger partial charge in [0.1, 0.15) is 5.82 Å². The third-order valence-electron chi connectivity index (χ3n) is 6.34. The molecule has 0 N–H and O–H groups in total. The van der Waals surface area contributed by atoms with E-state index in [2.05, 4.69) is 14.8 Å². The summed E-state index contributed by atoms with van der Waals surface area (Å²) in [6.45, 7) is 4.33. The third kappa shape index (κ3) is 4.48. The fraction of sp³-hybridized carbons (Fsp3) is 0.360. The highest BCUT2D eigenvalue weighted by Crippen LogP contribution is 2.33. The van der Waals surface area contributed by atoms with Gasteiger partial charge in [-0.3, -0.25) is 0 Å². The van der Waals surface area contributed by atoms with E-state index in [1.165, 1.54) is 38.1 Å². The minimum Gasteiger partial charge on any atom is -0.352 e. The van der Waals surface area contributed by atoms with Gasteiger partial charge in [-0.1, -0.05) is 23.7 Å². The molecule has 32 heavy (non-hydrogen) atoms. The van der Waals surface area contributed by atoms with Gasteiger partial charge in [-0.25, -0.2) is 18.7 Å². The highest BCUT2D eigenvalue weighted by Gasteiger charge is 2.30. The molecule has 2 fully saturated rings. The van der Waals surface area contributed by atoms with Crippen molar-refractivity contribution in [2.24, 2.45) is 0 Å². The van der Waals surface area contributed by atoms with Crippen molar-refractivity contribution in [2.75, 3.05) is 31.1 Å². The van der Waals surface area contributed by atoms with Crippen LogP contribution in [0.4, 0.5) is 14.6 Å². The van der Waals surface area contributed by atoms with Crippen LogP contribution in [0, 0.1) is 11.6 Å². The smallest absolute Gasteiger partial charge is 0.159 e. The summed E-state index contributed by atoms with van der Waals surface area (Å²) in [6.07, 6.45) is 8.27. The average molecular weight is 455 g/mol. The second kappa shape index (κ2) is 9.12. The van der Waals surface area contributed by atoms with Crippen LogP contribution in [0.2, 0.25) is 5.02 Å². The van der Waals surface area contributed by atoms with Crippen LogP contribution in [0.25, 0.3) is 23.1 Å². The van der Waals surface area contributed by atoms with Crippen molar-refractivity contribution >= 4 is 40.5 Å². The first-order valence-electron chi connectivity index (χ1n) is 11.2. The Hall–Kier alpha value is -2.57. The number of fused-ring (bicyclic) bond motifs is 1. The monoisotopic (exact) mass is 454 g/mol. The Morgan fingerprint density at radius 2 is 1.78 bits per heavy atom. The minimum absolute atomic E-state index is 0.410. The van der Waals surface area contributed by atoms with Gasteiger partial charge in [0, 0.05) is 29.5 Å². The number of hydrogen-bond donors (Lipinski definition) is 0. The van der Waals surface area contributed by atoms with Gasteiger partial charge in [0.2, 0.25) is 0 Å². The van der Waals surface area contributed by atoms with E-state index in [4.69, 9.17) is 16.6 Å². The summed E-state index contributed by atoms with van der Waals surface area (Å²) >= 11 is 6.32. The van der Waals surface area contributed by atoms with E-state index in [9.17, 15) is 8.78 Å². The van der Waals surface area contributed by atoms with Gasteiger partial charge in [-0.05, 0) is 80.7 Å². The van der Waals surface area contributed by atoms with Gasteiger partial charge in [0.05, 0.1) is 5.52 Å². The Labute approximate surface area is 191 Å². The van der Waals surface area contributed by atoms with Crippen LogP contribution >= 0.6 is 11.6 Å². The van der Waals surface area contributed by atoms with Crippen molar-refractivity contribution in [1.29, 1.82) is 0 Å². The fourth-order valence-corrected chi connectivity index (χ4v) is 4.92. The molecule has 5 rings (SSSR count). The molecule has 0 aliphatic carbocycles. The number of hydrogen-bond acceptors (Lipinski definition) is 4. The molecule has 1 aromatic heterocycles. The highest BCUT2D eigenvalue weighted by molar-refractivity contribution is 6.31. The summed E-state index contributed by atoms with van der Waals surface area (Å²) in [5.41, 5.74) is 1.37. The molecule has 3 aromatic rings. The van der Waals surface area contributed by atoms with Crippen molar-refractivity contribution in [1.82, 2.24) is 14.9 Å². The van der Waals surface area contributed by atoms with Gasteiger partial charge >= 0.3 is 0 Å². The molecule has 0 spiro atoms. The molecule has 1 atom stereocenters. The van der Waals surface area contributed by atoms with Crippen LogP contribution in [0.5, 0.6) is 0 Å². The van der Waals surface area contributed by atoms with Gasteiger partial charge in [0.15, 0.2) is 17.5 Å². The van der Waals surface area contributed by atoms with Gasteiger partial charge in [-0.2, -0.15) is 0 Å². The second-order valence-corrected chi connectivity index (χ2v) is 9.01. The maximum atomic E-state index is 13.6. The quantitative estimate of drug-likeness (QED) is 0.488. The van der Waals surface area contributed by atoms with Crippen molar-refractivity contribution < 1.29 is 8.78 Å². The molecule has 0 amide bonds. The number of halogens is 3. The lowest BCUT2D eigenvalue weighted by Crippen LogP contribution is -2.40. The maximum Gasteiger partial charge on any atom is 0.159 e. The first kappa shape index (κ1) is 21.3. The van der Waals surface area contributed by atoms with Gasteiger partial charge in [0.25, 0.3) is 0 Å². The Morgan fingerprint density at radius 1 is 0.938 bits per heavy atom. The van der Waals surface area contributed by atoms with Crippen LogP contribution in [-0.4, -0.2) is 47.1 Å². The lowest BCUT2D eigenvalue weighted by molar-refractivity contribution is 0.313. The SMILES string of the molecule is Fc1ccc(/C=C/c2nc(N3CCC[C@@H]3CN3CCCC3)c3cc(Cl)ccc3n2)cc1F. The Bertz CT molecular complexity index is 1160. The largest absolute Gasteiger partial charge is 0.352 e. The molecule has 4 nitrogen and oxygen atoms in total. The number of aromatic nitrogens is 2. The molecule has 2 aromatic carbocycles. The number of nitrogens with zero attached hydrogens (tertiary/aromatic N) is 4. The number of benzene rings is 2. The van der Waals surface area contributed by atoms with Gasteiger partial charge in [-0.15, -0.1) is 0 Å². The zero-order chi connectivity index (χ0) is 22.1. The van der Waals surface area contributed by atoms with Crippen LogP contribution < -0.4 is 4.90 Å². The summed E-state index contributed by atoms with van der Waals surface area (Å²) in [4.78, 5) is 14.5. The molecular formula is C25H25ClF2N4. The zero-order valence-electron chi connectivity index (χ0n) is 17.8. The van der Waals surface area contributed by atoms with E-state index in [1.54, 1.807) is 12.2 Å². The molecule has 2 aliphatic rings. The summed E-state index contributed by atoms with van der Waals surface area (Å²) in [5, 5.41) is 1.60. The number of anilines is 1. The molecule has 0 radical (unpaired) electrons.